The maximum absolute atomic E-state index is 12.8. The fourth-order valence-corrected chi connectivity index (χ4v) is 4.08. The van der Waals surface area contributed by atoms with Gasteiger partial charge in [0.15, 0.2) is 6.10 Å². The van der Waals surface area contributed by atoms with E-state index in [1.807, 2.05) is 49.4 Å². The van der Waals surface area contributed by atoms with Crippen LogP contribution in [0.5, 0.6) is 0 Å². The molecule has 2 aromatic rings. The molecule has 0 aromatic heterocycles. The van der Waals surface area contributed by atoms with Crippen LogP contribution >= 0.6 is 0 Å². The summed E-state index contributed by atoms with van der Waals surface area (Å²) in [7, 11) is 0. The third-order valence-corrected chi connectivity index (χ3v) is 5.84. The van der Waals surface area contributed by atoms with Crippen LogP contribution < -0.4 is 11.1 Å². The molecule has 3 N–H and O–H groups in total. The molecule has 2 unspecified atom stereocenters. The van der Waals surface area contributed by atoms with Gasteiger partial charge in [0.25, 0.3) is 5.91 Å². The van der Waals surface area contributed by atoms with E-state index < -0.39 is 24.1 Å². The Bertz CT molecular complexity index is 958. The number of nitrogens with two attached hydrogens (primary N) is 1. The van der Waals surface area contributed by atoms with E-state index in [4.69, 9.17) is 10.5 Å². The molecule has 3 amide bonds. The van der Waals surface area contributed by atoms with Crippen molar-refractivity contribution in [2.75, 3.05) is 26.2 Å². The number of carbonyl (C=O) groups excluding carboxylic acids is 3. The van der Waals surface area contributed by atoms with Crippen molar-refractivity contribution in [2.24, 2.45) is 5.73 Å². The number of benzene rings is 2. The number of rotatable bonds is 8. The highest BCUT2D eigenvalue weighted by Crippen LogP contribution is 2.21. The fraction of sp³-hybridized carbons (Fsp3) is 0.400. The van der Waals surface area contributed by atoms with Crippen molar-refractivity contribution in [2.45, 2.75) is 39.0 Å². The number of nitrogens with one attached hydrogen (secondary N) is 1. The predicted octanol–water partition coefficient (Wildman–Crippen LogP) is 2.37. The molecule has 0 radical (unpaired) electrons. The van der Waals surface area contributed by atoms with Crippen LogP contribution in [0.15, 0.2) is 54.6 Å². The number of urea groups is 1. The Kier molecular flexibility index (Phi) is 8.43. The lowest BCUT2D eigenvalue weighted by atomic mass is 9.99. The molecule has 1 aliphatic rings. The molecular weight excluding hydrogens is 420 g/mol. The van der Waals surface area contributed by atoms with Gasteiger partial charge in [-0.1, -0.05) is 54.6 Å². The zero-order valence-corrected chi connectivity index (χ0v) is 19.2. The highest BCUT2D eigenvalue weighted by Gasteiger charge is 2.28. The molecule has 0 aliphatic carbocycles. The van der Waals surface area contributed by atoms with Crippen molar-refractivity contribution in [3.63, 3.8) is 0 Å². The molecular formula is C25H32N4O4. The van der Waals surface area contributed by atoms with Crippen molar-refractivity contribution in [3.8, 4) is 0 Å². The van der Waals surface area contributed by atoms with Crippen molar-refractivity contribution >= 4 is 17.9 Å². The second-order valence-electron chi connectivity index (χ2n) is 8.34. The number of primary amides is 1. The van der Waals surface area contributed by atoms with Gasteiger partial charge >= 0.3 is 12.0 Å². The van der Waals surface area contributed by atoms with Crippen LogP contribution in [-0.2, 0) is 20.9 Å². The topological polar surface area (TPSA) is 105 Å². The smallest absolute Gasteiger partial charge is 0.312 e. The second kappa shape index (κ2) is 11.5. The van der Waals surface area contributed by atoms with Gasteiger partial charge in [0.05, 0.1) is 12.5 Å². The van der Waals surface area contributed by atoms with Crippen LogP contribution in [0.2, 0.25) is 0 Å². The normalized spacial score (nSPS) is 16.0. The Labute approximate surface area is 194 Å². The molecule has 0 saturated carbocycles. The number of esters is 1. The zero-order chi connectivity index (χ0) is 23.8. The lowest BCUT2D eigenvalue weighted by Crippen LogP contribution is -2.51. The molecule has 1 saturated heterocycles. The molecule has 8 nitrogen and oxygen atoms in total. The van der Waals surface area contributed by atoms with E-state index in [1.165, 1.54) is 5.56 Å². The van der Waals surface area contributed by atoms with E-state index >= 15 is 0 Å². The molecule has 3 rings (SSSR count). The first-order valence-corrected chi connectivity index (χ1v) is 11.2. The van der Waals surface area contributed by atoms with E-state index in [9.17, 15) is 14.4 Å². The quantitative estimate of drug-likeness (QED) is 0.599. The molecule has 176 valence electrons. The van der Waals surface area contributed by atoms with Crippen molar-refractivity contribution in [1.82, 2.24) is 15.1 Å². The van der Waals surface area contributed by atoms with Gasteiger partial charge in [0, 0.05) is 32.7 Å². The minimum absolute atomic E-state index is 0.115. The number of ether oxygens (including phenoxy) is 1. The third kappa shape index (κ3) is 7.05. The second-order valence-corrected chi connectivity index (χ2v) is 8.34. The molecule has 0 spiro atoms. The van der Waals surface area contributed by atoms with Gasteiger partial charge in [0.2, 0.25) is 0 Å². The maximum Gasteiger partial charge on any atom is 0.312 e. The average Bonchev–Trinajstić information content (AvgIpc) is 2.79. The van der Waals surface area contributed by atoms with E-state index in [1.54, 1.807) is 11.8 Å². The molecule has 1 aliphatic heterocycles. The summed E-state index contributed by atoms with van der Waals surface area (Å²) in [6, 6.07) is 16.3. The number of hydrogen-bond donors (Lipinski definition) is 2. The van der Waals surface area contributed by atoms with Gasteiger partial charge in [-0.05, 0) is 30.5 Å². The summed E-state index contributed by atoms with van der Waals surface area (Å²) in [6.45, 7) is 7.02. The first kappa shape index (κ1) is 24.3. The molecule has 2 atom stereocenters. The molecule has 2 aromatic carbocycles. The Morgan fingerprint density at radius 1 is 1.00 bits per heavy atom. The van der Waals surface area contributed by atoms with Crippen LogP contribution in [0.3, 0.4) is 0 Å². The van der Waals surface area contributed by atoms with Crippen molar-refractivity contribution < 1.29 is 19.1 Å². The predicted molar refractivity (Wildman–Crippen MR) is 125 cm³/mol. The number of nitrogens with zero attached hydrogens (tertiary/aromatic N) is 2. The van der Waals surface area contributed by atoms with Crippen LogP contribution in [-0.4, -0.2) is 60.0 Å². The lowest BCUT2D eigenvalue weighted by Gasteiger charge is -2.35. The summed E-state index contributed by atoms with van der Waals surface area (Å²) in [4.78, 5) is 40.9. The number of piperazine rings is 1. The lowest BCUT2D eigenvalue weighted by molar-refractivity contribution is -0.160. The summed E-state index contributed by atoms with van der Waals surface area (Å²) in [5.74, 6) is -0.779. The van der Waals surface area contributed by atoms with Gasteiger partial charge in [0.1, 0.15) is 0 Å². The van der Waals surface area contributed by atoms with E-state index in [0.717, 1.165) is 30.8 Å². The molecule has 0 bridgehead atoms. The molecule has 8 heteroatoms. The number of amides is 3. The summed E-state index contributed by atoms with van der Waals surface area (Å²) >= 11 is 0. The van der Waals surface area contributed by atoms with Gasteiger partial charge in [-0.25, -0.2) is 4.79 Å². The summed E-state index contributed by atoms with van der Waals surface area (Å²) < 4.78 is 5.43. The van der Waals surface area contributed by atoms with Crippen LogP contribution in [0.4, 0.5) is 4.79 Å². The monoisotopic (exact) mass is 452 g/mol. The van der Waals surface area contributed by atoms with E-state index in [-0.39, 0.29) is 12.3 Å². The Hall–Kier alpha value is -3.39. The highest BCUT2D eigenvalue weighted by atomic mass is 16.5. The third-order valence-electron chi connectivity index (χ3n) is 5.84. The number of hydrogen-bond acceptors (Lipinski definition) is 5. The van der Waals surface area contributed by atoms with Gasteiger partial charge in [-0.15, -0.1) is 0 Å². The summed E-state index contributed by atoms with van der Waals surface area (Å²) in [5.41, 5.74) is 8.24. The Morgan fingerprint density at radius 2 is 1.64 bits per heavy atom. The van der Waals surface area contributed by atoms with Crippen LogP contribution in [0.25, 0.3) is 0 Å². The van der Waals surface area contributed by atoms with Gasteiger partial charge < -0.3 is 20.7 Å². The molecule has 1 fully saturated rings. The molecule has 33 heavy (non-hydrogen) atoms. The Balaban J connectivity index is 1.51. The van der Waals surface area contributed by atoms with Crippen LogP contribution in [0.1, 0.15) is 36.1 Å². The first-order valence-electron chi connectivity index (χ1n) is 11.2. The van der Waals surface area contributed by atoms with Gasteiger partial charge in [-0.3, -0.25) is 14.5 Å². The minimum Gasteiger partial charge on any atom is -0.452 e. The zero-order valence-electron chi connectivity index (χ0n) is 19.2. The minimum atomic E-state index is -0.899. The van der Waals surface area contributed by atoms with E-state index in [0.29, 0.717) is 13.1 Å². The van der Waals surface area contributed by atoms with Crippen molar-refractivity contribution in [3.05, 3.63) is 71.3 Å². The summed E-state index contributed by atoms with van der Waals surface area (Å²) in [5, 5.41) is 2.60. The fourth-order valence-electron chi connectivity index (χ4n) is 4.08. The maximum atomic E-state index is 12.8. The summed E-state index contributed by atoms with van der Waals surface area (Å²) in [6.07, 6.45) is -1.01. The number of aryl methyl sites for hydroxylation is 1. The number of carbonyl (C=O) groups is 3. The average molecular weight is 453 g/mol. The van der Waals surface area contributed by atoms with Crippen LogP contribution in [0, 0.1) is 6.92 Å². The largest absolute Gasteiger partial charge is 0.452 e. The first-order chi connectivity index (χ1) is 15.8. The van der Waals surface area contributed by atoms with Gasteiger partial charge in [-0.2, -0.15) is 0 Å². The van der Waals surface area contributed by atoms with Crippen molar-refractivity contribution in [1.29, 1.82) is 0 Å². The standard InChI is InChI=1S/C25H32N4O4/c1-18-8-6-7-11-21(18)22(27-25(26)32)16-23(30)33-19(2)24(31)29-14-12-28(13-15-29)17-20-9-4-3-5-10-20/h3-11,19,22H,12-17H2,1-2H3,(H3,26,27,32). The Morgan fingerprint density at radius 3 is 2.27 bits per heavy atom. The molecule has 1 heterocycles. The van der Waals surface area contributed by atoms with E-state index in [2.05, 4.69) is 22.3 Å². The highest BCUT2D eigenvalue weighted by molar-refractivity contribution is 5.84. The SMILES string of the molecule is Cc1ccccc1C(CC(=O)OC(C)C(=O)N1CCN(Cc2ccccc2)CC1)NC(N)=O.